The third-order valence-corrected chi connectivity index (χ3v) is 5.12. The van der Waals surface area contributed by atoms with Crippen LogP contribution in [0, 0.1) is 0 Å². The summed E-state index contributed by atoms with van der Waals surface area (Å²) >= 11 is 12.0. The summed E-state index contributed by atoms with van der Waals surface area (Å²) in [5.41, 5.74) is 0.573. The number of amides is 1. The third-order valence-electron chi connectivity index (χ3n) is 3.05. The first kappa shape index (κ1) is 18.5. The average Bonchev–Trinajstić information content (AvgIpc) is 2.56. The van der Waals surface area contributed by atoms with Crippen LogP contribution in [0.4, 0.5) is 5.69 Å². The minimum Gasteiger partial charge on any atom is -0.319 e. The first-order valence-corrected chi connectivity index (χ1v) is 9.05. The van der Waals surface area contributed by atoms with Crippen LogP contribution in [0.3, 0.4) is 0 Å². The van der Waals surface area contributed by atoms with Crippen molar-refractivity contribution in [3.05, 3.63) is 70.7 Å². The summed E-state index contributed by atoms with van der Waals surface area (Å²) in [4.78, 5) is 12.3. The molecule has 0 aliphatic heterocycles. The Hall–Kier alpha value is -1.86. The largest absolute Gasteiger partial charge is 0.319 e. The van der Waals surface area contributed by atoms with Gasteiger partial charge in [-0.25, -0.2) is 13.1 Å². The minimum atomic E-state index is -3.63. The predicted molar refractivity (Wildman–Crippen MR) is 96.2 cm³/mol. The van der Waals surface area contributed by atoms with E-state index < -0.39 is 15.9 Å². The normalized spacial score (nSPS) is 11.1. The summed E-state index contributed by atoms with van der Waals surface area (Å²) in [7, 11) is -3.63. The molecular formula is C16H14Cl2N2O3S. The van der Waals surface area contributed by atoms with Gasteiger partial charge in [0.2, 0.25) is 10.0 Å². The molecule has 126 valence electrons. The highest BCUT2D eigenvalue weighted by Crippen LogP contribution is 2.30. The Morgan fingerprint density at radius 1 is 1.08 bits per heavy atom. The third kappa shape index (κ3) is 4.36. The number of hydrogen-bond donors (Lipinski definition) is 2. The Balaban J connectivity index is 2.19. The van der Waals surface area contributed by atoms with Crippen LogP contribution in [0.25, 0.3) is 0 Å². The Kier molecular flexibility index (Phi) is 6.01. The van der Waals surface area contributed by atoms with Crippen LogP contribution in [-0.4, -0.2) is 20.9 Å². The highest BCUT2D eigenvalue weighted by Gasteiger charge is 2.15. The molecule has 0 radical (unpaired) electrons. The van der Waals surface area contributed by atoms with Gasteiger partial charge in [0.15, 0.2) is 0 Å². The molecule has 0 fully saturated rings. The van der Waals surface area contributed by atoms with Gasteiger partial charge in [-0.05, 0) is 36.4 Å². The molecule has 0 atom stereocenters. The van der Waals surface area contributed by atoms with E-state index in [1.165, 1.54) is 30.3 Å². The number of sulfonamides is 1. The molecule has 0 saturated carbocycles. The van der Waals surface area contributed by atoms with Gasteiger partial charge in [0.25, 0.3) is 5.91 Å². The van der Waals surface area contributed by atoms with E-state index in [4.69, 9.17) is 23.2 Å². The molecule has 2 aromatic rings. The van der Waals surface area contributed by atoms with E-state index in [-0.39, 0.29) is 17.0 Å². The molecule has 0 unspecified atom stereocenters. The van der Waals surface area contributed by atoms with Crippen molar-refractivity contribution in [1.82, 2.24) is 4.72 Å². The number of nitrogens with one attached hydrogen (secondary N) is 2. The maximum atomic E-state index is 12.2. The summed E-state index contributed by atoms with van der Waals surface area (Å²) in [6.45, 7) is 3.57. The molecule has 0 aliphatic carbocycles. The lowest BCUT2D eigenvalue weighted by Crippen LogP contribution is -2.23. The highest BCUT2D eigenvalue weighted by atomic mass is 35.5. The fourth-order valence-electron chi connectivity index (χ4n) is 1.84. The van der Waals surface area contributed by atoms with Crippen LogP contribution < -0.4 is 10.0 Å². The molecular weight excluding hydrogens is 371 g/mol. The van der Waals surface area contributed by atoms with Crippen LogP contribution in [-0.2, 0) is 10.0 Å². The van der Waals surface area contributed by atoms with Crippen molar-refractivity contribution in [1.29, 1.82) is 0 Å². The summed E-state index contributed by atoms with van der Waals surface area (Å²) in [5.74, 6) is -0.451. The Morgan fingerprint density at radius 3 is 2.21 bits per heavy atom. The number of rotatable bonds is 6. The van der Waals surface area contributed by atoms with Crippen molar-refractivity contribution < 1.29 is 13.2 Å². The smallest absolute Gasteiger partial charge is 0.255 e. The molecule has 0 heterocycles. The van der Waals surface area contributed by atoms with E-state index in [1.54, 1.807) is 18.2 Å². The molecule has 0 spiro atoms. The fraction of sp³-hybridized carbons (Fsp3) is 0.0625. The zero-order valence-electron chi connectivity index (χ0n) is 12.4. The lowest BCUT2D eigenvalue weighted by atomic mass is 10.2. The van der Waals surface area contributed by atoms with Gasteiger partial charge >= 0.3 is 0 Å². The number of carbonyl (C=O) groups is 1. The summed E-state index contributed by atoms with van der Waals surface area (Å²) < 4.78 is 26.3. The SMILES string of the molecule is C=CCNS(=O)(=O)c1ccc(C(=O)Nc2c(Cl)cccc2Cl)cc1. The van der Waals surface area contributed by atoms with Crippen molar-refractivity contribution in [3.8, 4) is 0 Å². The maximum Gasteiger partial charge on any atom is 0.255 e. The van der Waals surface area contributed by atoms with Gasteiger partial charge in [-0.1, -0.05) is 35.3 Å². The number of carbonyl (C=O) groups excluding carboxylic acids is 1. The maximum absolute atomic E-state index is 12.2. The lowest BCUT2D eigenvalue weighted by Gasteiger charge is -2.10. The highest BCUT2D eigenvalue weighted by molar-refractivity contribution is 7.89. The summed E-state index contributed by atoms with van der Waals surface area (Å²) in [6.07, 6.45) is 1.44. The summed E-state index contributed by atoms with van der Waals surface area (Å²) in [5, 5.41) is 3.22. The number of halogens is 2. The standard InChI is InChI=1S/C16H14Cl2N2O3S/c1-2-10-19-24(22,23)12-8-6-11(7-9-12)16(21)20-15-13(17)4-3-5-14(15)18/h2-9,19H,1,10H2,(H,20,21). The number of benzene rings is 2. The van der Waals surface area contributed by atoms with Crippen LogP contribution >= 0.6 is 23.2 Å². The van der Waals surface area contributed by atoms with Crippen LogP contribution in [0.15, 0.2) is 60.0 Å². The van der Waals surface area contributed by atoms with E-state index in [0.717, 1.165) is 0 Å². The molecule has 1 amide bonds. The van der Waals surface area contributed by atoms with Crippen molar-refractivity contribution in [2.75, 3.05) is 11.9 Å². The lowest BCUT2D eigenvalue weighted by molar-refractivity contribution is 0.102. The molecule has 2 rings (SSSR count). The number of para-hydroxylation sites is 1. The predicted octanol–water partition coefficient (Wildman–Crippen LogP) is 3.71. The van der Waals surface area contributed by atoms with E-state index in [0.29, 0.717) is 15.7 Å². The van der Waals surface area contributed by atoms with Crippen LogP contribution in [0.5, 0.6) is 0 Å². The number of hydrogen-bond acceptors (Lipinski definition) is 3. The van der Waals surface area contributed by atoms with Gasteiger partial charge in [-0.2, -0.15) is 0 Å². The van der Waals surface area contributed by atoms with E-state index in [2.05, 4.69) is 16.6 Å². The van der Waals surface area contributed by atoms with Gasteiger partial charge in [0.05, 0.1) is 20.6 Å². The van der Waals surface area contributed by atoms with E-state index >= 15 is 0 Å². The van der Waals surface area contributed by atoms with Crippen molar-refractivity contribution in [3.63, 3.8) is 0 Å². The Bertz CT molecular complexity index is 845. The summed E-state index contributed by atoms with van der Waals surface area (Å²) in [6, 6.07) is 10.4. The van der Waals surface area contributed by atoms with Gasteiger partial charge in [0.1, 0.15) is 0 Å². The molecule has 2 aromatic carbocycles. The van der Waals surface area contributed by atoms with E-state index in [1.807, 2.05) is 0 Å². The van der Waals surface area contributed by atoms with E-state index in [9.17, 15) is 13.2 Å². The molecule has 2 N–H and O–H groups in total. The molecule has 0 bridgehead atoms. The van der Waals surface area contributed by atoms with Crippen molar-refractivity contribution in [2.45, 2.75) is 4.90 Å². The van der Waals surface area contributed by atoms with Gasteiger partial charge in [-0.15, -0.1) is 6.58 Å². The fourth-order valence-corrected chi connectivity index (χ4v) is 3.33. The van der Waals surface area contributed by atoms with Gasteiger partial charge in [-0.3, -0.25) is 4.79 Å². The monoisotopic (exact) mass is 384 g/mol. The second-order valence-electron chi connectivity index (χ2n) is 4.72. The van der Waals surface area contributed by atoms with Crippen LogP contribution in [0.1, 0.15) is 10.4 Å². The second-order valence-corrected chi connectivity index (χ2v) is 7.30. The van der Waals surface area contributed by atoms with Gasteiger partial charge in [0, 0.05) is 12.1 Å². The molecule has 24 heavy (non-hydrogen) atoms. The first-order valence-electron chi connectivity index (χ1n) is 6.81. The zero-order chi connectivity index (χ0) is 17.7. The zero-order valence-corrected chi connectivity index (χ0v) is 14.8. The van der Waals surface area contributed by atoms with Crippen molar-refractivity contribution >= 4 is 44.8 Å². The molecule has 8 heteroatoms. The van der Waals surface area contributed by atoms with Gasteiger partial charge < -0.3 is 5.32 Å². The topological polar surface area (TPSA) is 75.3 Å². The first-order chi connectivity index (χ1) is 11.3. The molecule has 0 aromatic heterocycles. The second kappa shape index (κ2) is 7.81. The minimum absolute atomic E-state index is 0.0525. The molecule has 0 saturated heterocycles. The van der Waals surface area contributed by atoms with Crippen LogP contribution in [0.2, 0.25) is 10.0 Å². The number of anilines is 1. The quantitative estimate of drug-likeness (QED) is 0.745. The Labute approximate surface area is 150 Å². The average molecular weight is 385 g/mol. The molecule has 0 aliphatic rings. The Morgan fingerprint density at radius 2 is 1.67 bits per heavy atom. The molecule has 5 nitrogen and oxygen atoms in total. The van der Waals surface area contributed by atoms with Crippen molar-refractivity contribution in [2.24, 2.45) is 0 Å².